The van der Waals surface area contributed by atoms with Crippen molar-refractivity contribution in [1.82, 2.24) is 0 Å². The van der Waals surface area contributed by atoms with Gasteiger partial charge >= 0.3 is 5.97 Å². The number of nitrogens with two attached hydrogens (primary N) is 1. The zero-order chi connectivity index (χ0) is 13.1. The Morgan fingerprint density at radius 2 is 1.88 bits per heavy atom. The molecule has 1 atom stereocenters. The molecule has 0 aromatic heterocycles. The van der Waals surface area contributed by atoms with Crippen molar-refractivity contribution >= 4 is 15.8 Å². The van der Waals surface area contributed by atoms with Crippen LogP contribution in [0.1, 0.15) is 11.1 Å². The Morgan fingerprint density at radius 3 is 2.35 bits per heavy atom. The zero-order valence-electron chi connectivity index (χ0n) is 9.46. The largest absolute Gasteiger partial charge is 0.480 e. The van der Waals surface area contributed by atoms with E-state index in [-0.39, 0.29) is 5.75 Å². The topological polar surface area (TPSA) is 97.5 Å². The Morgan fingerprint density at radius 1 is 1.35 bits per heavy atom. The maximum absolute atomic E-state index is 11.7. The van der Waals surface area contributed by atoms with Gasteiger partial charge in [-0.15, -0.1) is 0 Å². The fourth-order valence-electron chi connectivity index (χ4n) is 1.34. The average molecular weight is 257 g/mol. The third kappa shape index (κ3) is 4.54. The van der Waals surface area contributed by atoms with Gasteiger partial charge in [0.25, 0.3) is 0 Å². The Bertz CT molecular complexity index is 493. The highest BCUT2D eigenvalue weighted by molar-refractivity contribution is 7.90. The summed E-state index contributed by atoms with van der Waals surface area (Å²) in [5.74, 6) is -2.04. The Balaban J connectivity index is 2.73. The van der Waals surface area contributed by atoms with Crippen LogP contribution in [-0.4, -0.2) is 31.3 Å². The van der Waals surface area contributed by atoms with E-state index in [2.05, 4.69) is 0 Å². The molecule has 1 unspecified atom stereocenters. The molecule has 0 spiro atoms. The number of carboxylic acid groups (broad SMARTS) is 1. The Hall–Kier alpha value is -1.40. The minimum absolute atomic E-state index is 0.186. The lowest BCUT2D eigenvalue weighted by molar-refractivity contribution is -0.137. The number of hydrogen-bond acceptors (Lipinski definition) is 4. The third-order valence-electron chi connectivity index (χ3n) is 2.26. The van der Waals surface area contributed by atoms with Crippen LogP contribution in [0.4, 0.5) is 0 Å². The van der Waals surface area contributed by atoms with Crippen LogP contribution in [0.5, 0.6) is 0 Å². The van der Waals surface area contributed by atoms with Crippen LogP contribution in [0.2, 0.25) is 0 Å². The summed E-state index contributed by atoms with van der Waals surface area (Å²) in [6.45, 7) is 1.90. The molecule has 0 aliphatic carbocycles. The molecule has 1 aromatic carbocycles. The molecule has 0 saturated carbocycles. The van der Waals surface area contributed by atoms with Crippen molar-refractivity contribution in [3.05, 3.63) is 35.4 Å². The molecule has 0 aliphatic rings. The van der Waals surface area contributed by atoms with Crippen LogP contribution < -0.4 is 5.73 Å². The first-order valence-corrected chi connectivity index (χ1v) is 6.86. The van der Waals surface area contributed by atoms with Crippen LogP contribution in [0.15, 0.2) is 24.3 Å². The predicted molar refractivity (Wildman–Crippen MR) is 64.3 cm³/mol. The van der Waals surface area contributed by atoms with Crippen molar-refractivity contribution < 1.29 is 18.3 Å². The first-order valence-electron chi connectivity index (χ1n) is 5.04. The van der Waals surface area contributed by atoms with E-state index < -0.39 is 27.6 Å². The fraction of sp³-hybridized carbons (Fsp3) is 0.364. The SMILES string of the molecule is Cc1ccc(CS(=O)(=O)CC(N)C(=O)O)cc1. The van der Waals surface area contributed by atoms with Crippen molar-refractivity contribution in [2.45, 2.75) is 18.7 Å². The molecule has 17 heavy (non-hydrogen) atoms. The van der Waals surface area contributed by atoms with E-state index in [0.29, 0.717) is 5.56 Å². The van der Waals surface area contributed by atoms with Crippen LogP contribution in [-0.2, 0) is 20.4 Å². The summed E-state index contributed by atoms with van der Waals surface area (Å²) >= 11 is 0. The molecule has 0 amide bonds. The van der Waals surface area contributed by atoms with E-state index in [0.717, 1.165) is 5.56 Å². The predicted octanol–water partition coefficient (Wildman–Crippen LogP) is 0.322. The van der Waals surface area contributed by atoms with Crippen molar-refractivity contribution in [2.75, 3.05) is 5.75 Å². The molecular formula is C11H15NO4S. The Labute approximate surface area is 100 Å². The molecule has 0 bridgehead atoms. The molecule has 1 rings (SSSR count). The number of carbonyl (C=O) groups is 1. The number of aryl methyl sites for hydroxylation is 1. The van der Waals surface area contributed by atoms with Crippen molar-refractivity contribution in [3.8, 4) is 0 Å². The molecule has 0 radical (unpaired) electrons. The lowest BCUT2D eigenvalue weighted by Crippen LogP contribution is -2.37. The molecule has 0 saturated heterocycles. The van der Waals surface area contributed by atoms with Crippen LogP contribution in [0.3, 0.4) is 0 Å². The number of hydrogen-bond donors (Lipinski definition) is 2. The molecule has 1 aromatic rings. The molecule has 5 nitrogen and oxygen atoms in total. The maximum atomic E-state index is 11.7. The van der Waals surface area contributed by atoms with Gasteiger partial charge in [0.05, 0.1) is 11.5 Å². The minimum atomic E-state index is -3.50. The summed E-state index contributed by atoms with van der Waals surface area (Å²) in [4.78, 5) is 10.5. The Kier molecular flexibility index (Phi) is 4.25. The van der Waals surface area contributed by atoms with E-state index in [1.165, 1.54) is 0 Å². The summed E-state index contributed by atoms with van der Waals surface area (Å²) in [6.07, 6.45) is 0. The van der Waals surface area contributed by atoms with E-state index in [1.807, 2.05) is 19.1 Å². The molecular weight excluding hydrogens is 242 g/mol. The van der Waals surface area contributed by atoms with Gasteiger partial charge < -0.3 is 10.8 Å². The fourth-order valence-corrected chi connectivity index (χ4v) is 2.85. The van der Waals surface area contributed by atoms with Crippen LogP contribution >= 0.6 is 0 Å². The first kappa shape index (κ1) is 13.7. The summed E-state index contributed by atoms with van der Waals surface area (Å²) in [7, 11) is -3.50. The number of sulfone groups is 1. The second kappa shape index (κ2) is 5.29. The second-order valence-electron chi connectivity index (χ2n) is 3.98. The van der Waals surface area contributed by atoms with E-state index in [4.69, 9.17) is 10.8 Å². The van der Waals surface area contributed by atoms with Gasteiger partial charge in [-0.1, -0.05) is 29.8 Å². The quantitative estimate of drug-likeness (QED) is 0.791. The molecule has 0 fully saturated rings. The van der Waals surface area contributed by atoms with Crippen molar-refractivity contribution in [3.63, 3.8) is 0 Å². The van der Waals surface area contributed by atoms with Gasteiger partial charge in [-0.3, -0.25) is 4.79 Å². The highest BCUT2D eigenvalue weighted by Crippen LogP contribution is 2.09. The van der Waals surface area contributed by atoms with E-state index in [1.54, 1.807) is 12.1 Å². The maximum Gasteiger partial charge on any atom is 0.321 e. The van der Waals surface area contributed by atoms with Crippen LogP contribution in [0, 0.1) is 6.92 Å². The normalized spacial score (nSPS) is 13.3. The van der Waals surface area contributed by atoms with Gasteiger partial charge in [0.1, 0.15) is 6.04 Å². The van der Waals surface area contributed by atoms with Crippen molar-refractivity contribution in [1.29, 1.82) is 0 Å². The van der Waals surface area contributed by atoms with Gasteiger partial charge in [0.15, 0.2) is 9.84 Å². The lowest BCUT2D eigenvalue weighted by Gasteiger charge is -2.08. The number of aliphatic carboxylic acids is 1. The van der Waals surface area contributed by atoms with Gasteiger partial charge in [-0.25, -0.2) is 8.42 Å². The van der Waals surface area contributed by atoms with Gasteiger partial charge in [-0.05, 0) is 12.5 Å². The lowest BCUT2D eigenvalue weighted by atomic mass is 10.2. The minimum Gasteiger partial charge on any atom is -0.480 e. The van der Waals surface area contributed by atoms with Gasteiger partial charge in [0.2, 0.25) is 0 Å². The van der Waals surface area contributed by atoms with Crippen LogP contribution in [0.25, 0.3) is 0 Å². The first-order chi connectivity index (χ1) is 7.80. The van der Waals surface area contributed by atoms with E-state index in [9.17, 15) is 13.2 Å². The van der Waals surface area contributed by atoms with Gasteiger partial charge in [0, 0.05) is 0 Å². The highest BCUT2D eigenvalue weighted by atomic mass is 32.2. The molecule has 6 heteroatoms. The van der Waals surface area contributed by atoms with Crippen molar-refractivity contribution in [2.24, 2.45) is 5.73 Å². The standard InChI is InChI=1S/C11H15NO4S/c1-8-2-4-9(5-3-8)6-17(15,16)7-10(12)11(13)14/h2-5,10H,6-7,12H2,1H3,(H,13,14). The number of benzene rings is 1. The summed E-state index contributed by atoms with van der Waals surface area (Å²) in [5, 5.41) is 8.56. The number of rotatable bonds is 5. The molecule has 0 heterocycles. The molecule has 94 valence electrons. The summed E-state index contributed by atoms with van der Waals surface area (Å²) in [5.41, 5.74) is 6.87. The highest BCUT2D eigenvalue weighted by Gasteiger charge is 2.21. The van der Waals surface area contributed by atoms with E-state index >= 15 is 0 Å². The summed E-state index contributed by atoms with van der Waals surface area (Å²) < 4.78 is 23.3. The third-order valence-corrected chi connectivity index (χ3v) is 3.90. The number of carboxylic acids is 1. The summed E-state index contributed by atoms with van der Waals surface area (Å²) in [6, 6.07) is 5.66. The zero-order valence-corrected chi connectivity index (χ0v) is 10.3. The average Bonchev–Trinajstić information content (AvgIpc) is 2.20. The monoisotopic (exact) mass is 257 g/mol. The molecule has 0 aliphatic heterocycles. The molecule has 3 N–H and O–H groups in total. The smallest absolute Gasteiger partial charge is 0.321 e. The second-order valence-corrected chi connectivity index (χ2v) is 6.09. The van der Waals surface area contributed by atoms with Gasteiger partial charge in [-0.2, -0.15) is 0 Å².